The highest BCUT2D eigenvalue weighted by atomic mass is 32.1. The standard InChI is InChI=1S/C23H26N2O2S2/c1-2-9-19(25-23(29)15-21(27)18-12-7-4-8-13-18)16-24-22(28)14-20(26)17-10-5-3-6-11-17/h3-8,10-13,19H,2,9,14-16H2,1H3,(H,24,28)(H,25,29). The van der Waals surface area contributed by atoms with Crippen LogP contribution >= 0.6 is 24.4 Å². The van der Waals surface area contributed by atoms with Crippen molar-refractivity contribution in [3.63, 3.8) is 0 Å². The molecule has 2 rings (SSSR count). The molecule has 2 aromatic carbocycles. The fourth-order valence-electron chi connectivity index (χ4n) is 2.90. The van der Waals surface area contributed by atoms with Crippen molar-refractivity contribution in [3.05, 3.63) is 71.8 Å². The van der Waals surface area contributed by atoms with Gasteiger partial charge in [0.1, 0.15) is 0 Å². The van der Waals surface area contributed by atoms with E-state index in [1.165, 1.54) is 0 Å². The average Bonchev–Trinajstić information content (AvgIpc) is 2.73. The second-order valence-electron chi connectivity index (χ2n) is 6.79. The molecule has 0 bridgehead atoms. The van der Waals surface area contributed by atoms with Crippen LogP contribution in [0.3, 0.4) is 0 Å². The van der Waals surface area contributed by atoms with Gasteiger partial charge in [-0.1, -0.05) is 98.4 Å². The first-order valence-corrected chi connectivity index (χ1v) is 10.5. The maximum absolute atomic E-state index is 12.3. The molecular weight excluding hydrogens is 400 g/mol. The molecule has 0 fully saturated rings. The highest BCUT2D eigenvalue weighted by molar-refractivity contribution is 7.80. The molecular formula is C23H26N2O2S2. The number of carbonyl (C=O) groups excluding carboxylic acids is 2. The second-order valence-corrected chi connectivity index (χ2v) is 7.77. The number of hydrogen-bond donors (Lipinski definition) is 2. The Bertz CT molecular complexity index is 838. The van der Waals surface area contributed by atoms with Crippen LogP contribution in [0.5, 0.6) is 0 Å². The first-order valence-electron chi connectivity index (χ1n) is 9.72. The van der Waals surface area contributed by atoms with Gasteiger partial charge in [0, 0.05) is 23.7 Å². The topological polar surface area (TPSA) is 58.2 Å². The third-order valence-corrected chi connectivity index (χ3v) is 4.93. The van der Waals surface area contributed by atoms with Crippen LogP contribution in [-0.2, 0) is 0 Å². The summed E-state index contributed by atoms with van der Waals surface area (Å²) in [6, 6.07) is 18.3. The molecule has 0 saturated carbocycles. The second kappa shape index (κ2) is 12.2. The zero-order valence-corrected chi connectivity index (χ0v) is 18.2. The SMILES string of the molecule is CCCC(CNC(=S)CC(=O)c1ccccc1)NC(=S)CC(=O)c1ccccc1. The highest BCUT2D eigenvalue weighted by Gasteiger charge is 2.15. The van der Waals surface area contributed by atoms with Gasteiger partial charge in [-0.2, -0.15) is 0 Å². The van der Waals surface area contributed by atoms with Gasteiger partial charge < -0.3 is 10.6 Å². The van der Waals surface area contributed by atoms with Crippen molar-refractivity contribution in [2.45, 2.75) is 38.6 Å². The van der Waals surface area contributed by atoms with Gasteiger partial charge in [0.2, 0.25) is 0 Å². The normalized spacial score (nSPS) is 11.3. The Morgan fingerprint density at radius 1 is 0.828 bits per heavy atom. The fraction of sp³-hybridized carbons (Fsp3) is 0.304. The number of Topliss-reactive ketones (excluding diaryl/α,β-unsaturated/α-hetero) is 2. The molecule has 0 radical (unpaired) electrons. The van der Waals surface area contributed by atoms with Crippen molar-refractivity contribution >= 4 is 46.0 Å². The van der Waals surface area contributed by atoms with Crippen molar-refractivity contribution in [3.8, 4) is 0 Å². The first kappa shape index (κ1) is 22.8. The van der Waals surface area contributed by atoms with Crippen LogP contribution in [0.4, 0.5) is 0 Å². The molecule has 152 valence electrons. The molecule has 2 N–H and O–H groups in total. The van der Waals surface area contributed by atoms with Crippen molar-refractivity contribution < 1.29 is 9.59 Å². The predicted molar refractivity (Wildman–Crippen MR) is 126 cm³/mol. The summed E-state index contributed by atoms with van der Waals surface area (Å²) in [5.41, 5.74) is 1.31. The molecule has 1 atom stereocenters. The average molecular weight is 427 g/mol. The molecule has 0 amide bonds. The summed E-state index contributed by atoms with van der Waals surface area (Å²) in [6.45, 7) is 2.64. The fourth-order valence-corrected chi connectivity index (χ4v) is 3.41. The minimum atomic E-state index is -0.00733. The lowest BCUT2D eigenvalue weighted by atomic mass is 10.1. The van der Waals surface area contributed by atoms with Crippen LogP contribution in [0.2, 0.25) is 0 Å². The summed E-state index contributed by atoms with van der Waals surface area (Å²) in [6.07, 6.45) is 2.19. The van der Waals surface area contributed by atoms with Crippen LogP contribution in [0.15, 0.2) is 60.7 Å². The number of rotatable bonds is 11. The molecule has 0 aliphatic heterocycles. The number of hydrogen-bond acceptors (Lipinski definition) is 4. The summed E-state index contributed by atoms with van der Waals surface area (Å²) in [4.78, 5) is 25.6. The molecule has 0 spiro atoms. The molecule has 1 unspecified atom stereocenters. The molecule has 0 heterocycles. The van der Waals surface area contributed by atoms with Gasteiger partial charge in [-0.25, -0.2) is 0 Å². The Morgan fingerprint density at radius 2 is 1.31 bits per heavy atom. The van der Waals surface area contributed by atoms with Crippen LogP contribution < -0.4 is 10.6 Å². The zero-order chi connectivity index (χ0) is 21.1. The minimum Gasteiger partial charge on any atom is -0.377 e. The molecule has 0 aromatic heterocycles. The van der Waals surface area contributed by atoms with Gasteiger partial charge in [-0.15, -0.1) is 0 Å². The van der Waals surface area contributed by atoms with E-state index in [0.29, 0.717) is 27.6 Å². The van der Waals surface area contributed by atoms with E-state index in [2.05, 4.69) is 17.6 Å². The molecule has 0 saturated heterocycles. The van der Waals surface area contributed by atoms with Crippen LogP contribution in [-0.4, -0.2) is 34.1 Å². The Morgan fingerprint density at radius 3 is 1.79 bits per heavy atom. The largest absolute Gasteiger partial charge is 0.377 e. The van der Waals surface area contributed by atoms with Crippen LogP contribution in [0.25, 0.3) is 0 Å². The minimum absolute atomic E-state index is 0.00436. The molecule has 0 aliphatic rings. The Labute approximate surface area is 183 Å². The number of nitrogens with one attached hydrogen (secondary N) is 2. The number of carbonyl (C=O) groups is 2. The molecule has 29 heavy (non-hydrogen) atoms. The van der Waals surface area contributed by atoms with Gasteiger partial charge in [-0.3, -0.25) is 9.59 Å². The molecule has 6 heteroatoms. The summed E-state index contributed by atoms with van der Waals surface area (Å²) < 4.78 is 0. The lowest BCUT2D eigenvalue weighted by molar-refractivity contribution is 0.0991. The Kier molecular flexibility index (Phi) is 9.60. The van der Waals surface area contributed by atoms with Crippen molar-refractivity contribution in [2.75, 3.05) is 6.54 Å². The molecule has 4 nitrogen and oxygen atoms in total. The van der Waals surface area contributed by atoms with Crippen molar-refractivity contribution in [1.82, 2.24) is 10.6 Å². The molecule has 2 aromatic rings. The lowest BCUT2D eigenvalue weighted by Gasteiger charge is -2.21. The van der Waals surface area contributed by atoms with Gasteiger partial charge in [0.25, 0.3) is 0 Å². The third-order valence-electron chi connectivity index (χ3n) is 4.38. The lowest BCUT2D eigenvalue weighted by Crippen LogP contribution is -2.43. The number of ketones is 2. The van der Waals surface area contributed by atoms with E-state index in [1.807, 2.05) is 36.4 Å². The Hall–Kier alpha value is -2.44. The summed E-state index contributed by atoms with van der Waals surface area (Å²) >= 11 is 10.7. The Balaban J connectivity index is 1.81. The van der Waals surface area contributed by atoms with Gasteiger partial charge in [0.05, 0.1) is 22.8 Å². The smallest absolute Gasteiger partial charge is 0.169 e. The quantitative estimate of drug-likeness (QED) is 0.407. The molecule has 0 aliphatic carbocycles. The summed E-state index contributed by atoms with van der Waals surface area (Å²) in [5.74, 6) is -0.0117. The monoisotopic (exact) mass is 426 g/mol. The first-order chi connectivity index (χ1) is 14.0. The van der Waals surface area contributed by atoms with E-state index in [1.54, 1.807) is 24.3 Å². The van der Waals surface area contributed by atoms with E-state index in [0.717, 1.165) is 12.8 Å². The maximum atomic E-state index is 12.3. The van der Waals surface area contributed by atoms with Crippen LogP contribution in [0, 0.1) is 0 Å². The zero-order valence-electron chi connectivity index (χ0n) is 16.5. The number of thiocarbonyl (C=S) groups is 2. The van der Waals surface area contributed by atoms with E-state index >= 15 is 0 Å². The van der Waals surface area contributed by atoms with E-state index in [-0.39, 0.29) is 30.4 Å². The van der Waals surface area contributed by atoms with Crippen molar-refractivity contribution in [1.29, 1.82) is 0 Å². The van der Waals surface area contributed by atoms with Crippen LogP contribution in [0.1, 0.15) is 53.3 Å². The van der Waals surface area contributed by atoms with Gasteiger partial charge >= 0.3 is 0 Å². The maximum Gasteiger partial charge on any atom is 0.169 e. The van der Waals surface area contributed by atoms with Gasteiger partial charge in [0.15, 0.2) is 11.6 Å². The van der Waals surface area contributed by atoms with E-state index in [9.17, 15) is 9.59 Å². The van der Waals surface area contributed by atoms with Crippen molar-refractivity contribution in [2.24, 2.45) is 0 Å². The predicted octanol–water partition coefficient (Wildman–Crippen LogP) is 4.54. The highest BCUT2D eigenvalue weighted by Crippen LogP contribution is 2.06. The summed E-state index contributed by atoms with van der Waals surface area (Å²) in [7, 11) is 0. The number of benzene rings is 2. The van der Waals surface area contributed by atoms with E-state index < -0.39 is 0 Å². The van der Waals surface area contributed by atoms with E-state index in [4.69, 9.17) is 24.4 Å². The van der Waals surface area contributed by atoms with Gasteiger partial charge in [-0.05, 0) is 6.42 Å². The third kappa shape index (κ3) is 8.21. The summed E-state index contributed by atoms with van der Waals surface area (Å²) in [5, 5.41) is 6.42.